The fraction of sp³-hybridized carbons (Fsp3) is 0.438. The first kappa shape index (κ1) is 15.3. The predicted octanol–water partition coefficient (Wildman–Crippen LogP) is 3.73. The highest BCUT2D eigenvalue weighted by Gasteiger charge is 2.24. The average Bonchev–Trinajstić information content (AvgIpc) is 2.42. The Bertz CT molecular complexity index is 449. The lowest BCUT2D eigenvalue weighted by Gasteiger charge is -2.19. The van der Waals surface area contributed by atoms with Crippen molar-refractivity contribution < 1.29 is 14.3 Å². The second-order valence-electron chi connectivity index (χ2n) is 4.81. The van der Waals surface area contributed by atoms with Crippen LogP contribution in [0.15, 0.2) is 30.9 Å². The molecular formula is C16H22O3. The zero-order valence-electron chi connectivity index (χ0n) is 12.1. The van der Waals surface area contributed by atoms with E-state index in [0.29, 0.717) is 23.5 Å². The number of benzene rings is 1. The van der Waals surface area contributed by atoms with Crippen molar-refractivity contribution in [3.63, 3.8) is 0 Å². The van der Waals surface area contributed by atoms with Crippen LogP contribution in [-0.2, 0) is 0 Å². The SMILES string of the molecule is C=CCC(C(=O)c1ccc(OC)cc1OC)C(C)C. The Balaban J connectivity index is 3.13. The van der Waals surface area contributed by atoms with E-state index in [1.807, 2.05) is 13.8 Å². The second-order valence-corrected chi connectivity index (χ2v) is 4.81. The van der Waals surface area contributed by atoms with Crippen molar-refractivity contribution >= 4 is 5.78 Å². The molecule has 0 aliphatic carbocycles. The topological polar surface area (TPSA) is 35.5 Å². The largest absolute Gasteiger partial charge is 0.497 e. The van der Waals surface area contributed by atoms with E-state index in [1.54, 1.807) is 38.5 Å². The van der Waals surface area contributed by atoms with Crippen molar-refractivity contribution in [1.82, 2.24) is 0 Å². The Morgan fingerprint density at radius 3 is 2.47 bits per heavy atom. The Morgan fingerprint density at radius 1 is 1.32 bits per heavy atom. The molecule has 0 aromatic heterocycles. The van der Waals surface area contributed by atoms with Crippen molar-refractivity contribution in [1.29, 1.82) is 0 Å². The van der Waals surface area contributed by atoms with Crippen LogP contribution in [0.3, 0.4) is 0 Å². The molecule has 3 nitrogen and oxygen atoms in total. The molecular weight excluding hydrogens is 240 g/mol. The third kappa shape index (κ3) is 3.60. The van der Waals surface area contributed by atoms with Crippen LogP contribution in [0.4, 0.5) is 0 Å². The molecule has 0 spiro atoms. The molecule has 0 amide bonds. The highest BCUT2D eigenvalue weighted by molar-refractivity contribution is 6.00. The van der Waals surface area contributed by atoms with Crippen LogP contribution in [-0.4, -0.2) is 20.0 Å². The van der Waals surface area contributed by atoms with E-state index in [9.17, 15) is 4.79 Å². The van der Waals surface area contributed by atoms with Gasteiger partial charge in [-0.15, -0.1) is 6.58 Å². The normalized spacial score (nSPS) is 12.1. The first-order valence-corrected chi connectivity index (χ1v) is 6.42. The van der Waals surface area contributed by atoms with Crippen molar-refractivity contribution in [3.05, 3.63) is 36.4 Å². The summed E-state index contributed by atoms with van der Waals surface area (Å²) in [6, 6.07) is 5.28. The molecule has 1 aromatic rings. The summed E-state index contributed by atoms with van der Waals surface area (Å²) in [4.78, 5) is 12.6. The third-order valence-corrected chi connectivity index (χ3v) is 3.24. The Morgan fingerprint density at radius 2 is 2.00 bits per heavy atom. The van der Waals surface area contributed by atoms with Gasteiger partial charge in [-0.1, -0.05) is 19.9 Å². The fourth-order valence-corrected chi connectivity index (χ4v) is 2.06. The van der Waals surface area contributed by atoms with Crippen molar-refractivity contribution in [3.8, 4) is 11.5 Å². The maximum Gasteiger partial charge on any atom is 0.170 e. The number of hydrogen-bond acceptors (Lipinski definition) is 3. The molecule has 1 unspecified atom stereocenters. The van der Waals surface area contributed by atoms with Crippen LogP contribution < -0.4 is 9.47 Å². The number of carbonyl (C=O) groups is 1. The zero-order valence-corrected chi connectivity index (χ0v) is 12.1. The maximum atomic E-state index is 12.6. The van der Waals surface area contributed by atoms with Gasteiger partial charge in [-0.3, -0.25) is 4.79 Å². The van der Waals surface area contributed by atoms with Gasteiger partial charge in [0.25, 0.3) is 0 Å². The first-order valence-electron chi connectivity index (χ1n) is 6.42. The van der Waals surface area contributed by atoms with Gasteiger partial charge in [0.2, 0.25) is 0 Å². The van der Waals surface area contributed by atoms with Gasteiger partial charge in [-0.2, -0.15) is 0 Å². The van der Waals surface area contributed by atoms with Crippen LogP contribution in [0.25, 0.3) is 0 Å². The number of carbonyl (C=O) groups excluding carboxylic acids is 1. The highest BCUT2D eigenvalue weighted by atomic mass is 16.5. The lowest BCUT2D eigenvalue weighted by atomic mass is 9.85. The van der Waals surface area contributed by atoms with Crippen molar-refractivity contribution in [2.24, 2.45) is 11.8 Å². The lowest BCUT2D eigenvalue weighted by Crippen LogP contribution is -2.20. The van der Waals surface area contributed by atoms with Gasteiger partial charge < -0.3 is 9.47 Å². The van der Waals surface area contributed by atoms with Gasteiger partial charge in [0.1, 0.15) is 11.5 Å². The number of Topliss-reactive ketones (excluding diaryl/α,β-unsaturated/α-hetero) is 1. The molecule has 1 aromatic carbocycles. The van der Waals surface area contributed by atoms with Crippen LogP contribution in [0.2, 0.25) is 0 Å². The molecule has 19 heavy (non-hydrogen) atoms. The molecule has 3 heteroatoms. The summed E-state index contributed by atoms with van der Waals surface area (Å²) in [5.74, 6) is 1.52. The molecule has 0 fully saturated rings. The molecule has 0 aliphatic heterocycles. The number of allylic oxidation sites excluding steroid dienone is 1. The van der Waals surface area contributed by atoms with Crippen LogP contribution in [0.5, 0.6) is 11.5 Å². The molecule has 1 atom stereocenters. The van der Waals surface area contributed by atoms with E-state index in [2.05, 4.69) is 6.58 Å². The Labute approximate surface area is 115 Å². The standard InChI is InChI=1S/C16H22O3/c1-6-7-13(11(2)3)16(17)14-9-8-12(18-4)10-15(14)19-5/h6,8-11,13H,1,7H2,2-5H3. The summed E-state index contributed by atoms with van der Waals surface area (Å²) in [6.45, 7) is 7.81. The molecule has 0 N–H and O–H groups in total. The van der Waals surface area contributed by atoms with Gasteiger partial charge in [0, 0.05) is 12.0 Å². The highest BCUT2D eigenvalue weighted by Crippen LogP contribution is 2.29. The van der Waals surface area contributed by atoms with Gasteiger partial charge in [-0.05, 0) is 24.5 Å². The summed E-state index contributed by atoms with van der Waals surface area (Å²) in [5.41, 5.74) is 0.601. The summed E-state index contributed by atoms with van der Waals surface area (Å²) >= 11 is 0. The van der Waals surface area contributed by atoms with E-state index in [4.69, 9.17) is 9.47 Å². The monoisotopic (exact) mass is 262 g/mol. The van der Waals surface area contributed by atoms with Crippen LogP contribution in [0.1, 0.15) is 30.6 Å². The van der Waals surface area contributed by atoms with E-state index >= 15 is 0 Å². The number of methoxy groups -OCH3 is 2. The molecule has 104 valence electrons. The second kappa shape index (κ2) is 6.98. The maximum absolute atomic E-state index is 12.6. The Kier molecular flexibility index (Phi) is 5.61. The van der Waals surface area contributed by atoms with E-state index in [1.165, 1.54) is 0 Å². The number of ether oxygens (including phenoxy) is 2. The van der Waals surface area contributed by atoms with Gasteiger partial charge in [0.05, 0.1) is 19.8 Å². The van der Waals surface area contributed by atoms with E-state index < -0.39 is 0 Å². The Hall–Kier alpha value is -1.77. The van der Waals surface area contributed by atoms with E-state index in [-0.39, 0.29) is 17.6 Å². The lowest BCUT2D eigenvalue weighted by molar-refractivity contribution is 0.0884. The minimum absolute atomic E-state index is 0.0696. The predicted molar refractivity (Wildman–Crippen MR) is 77.0 cm³/mol. The quantitative estimate of drug-likeness (QED) is 0.554. The van der Waals surface area contributed by atoms with Crippen LogP contribution in [0, 0.1) is 11.8 Å². The molecule has 1 rings (SSSR count). The summed E-state index contributed by atoms with van der Waals surface area (Å²) in [7, 11) is 3.15. The summed E-state index contributed by atoms with van der Waals surface area (Å²) < 4.78 is 10.4. The number of ketones is 1. The summed E-state index contributed by atoms with van der Waals surface area (Å²) in [5, 5.41) is 0. The minimum atomic E-state index is -0.0696. The zero-order chi connectivity index (χ0) is 14.4. The number of hydrogen-bond donors (Lipinski definition) is 0. The third-order valence-electron chi connectivity index (χ3n) is 3.24. The average molecular weight is 262 g/mol. The van der Waals surface area contributed by atoms with Crippen molar-refractivity contribution in [2.75, 3.05) is 14.2 Å². The molecule has 0 aliphatic rings. The minimum Gasteiger partial charge on any atom is -0.497 e. The molecule has 0 bridgehead atoms. The number of rotatable bonds is 7. The summed E-state index contributed by atoms with van der Waals surface area (Å²) in [6.07, 6.45) is 2.46. The first-order chi connectivity index (χ1) is 9.04. The molecule has 0 heterocycles. The fourth-order valence-electron chi connectivity index (χ4n) is 2.06. The van der Waals surface area contributed by atoms with Gasteiger partial charge in [0.15, 0.2) is 5.78 Å². The van der Waals surface area contributed by atoms with E-state index in [0.717, 1.165) is 0 Å². The van der Waals surface area contributed by atoms with Gasteiger partial charge >= 0.3 is 0 Å². The molecule has 0 saturated carbocycles. The smallest absolute Gasteiger partial charge is 0.170 e. The van der Waals surface area contributed by atoms with Gasteiger partial charge in [-0.25, -0.2) is 0 Å². The molecule has 0 radical (unpaired) electrons. The van der Waals surface area contributed by atoms with Crippen molar-refractivity contribution in [2.45, 2.75) is 20.3 Å². The molecule has 0 saturated heterocycles. The van der Waals surface area contributed by atoms with Crippen LogP contribution >= 0.6 is 0 Å².